The van der Waals surface area contributed by atoms with Gasteiger partial charge in [-0.2, -0.15) is 0 Å². The molecule has 0 bridgehead atoms. The molecular formula is C22H31N3O2. The Morgan fingerprint density at radius 3 is 2.30 bits per heavy atom. The van der Waals surface area contributed by atoms with Crippen LogP contribution in [-0.2, 0) is 9.59 Å². The van der Waals surface area contributed by atoms with Crippen molar-refractivity contribution in [2.75, 3.05) is 33.7 Å². The first-order valence-corrected chi connectivity index (χ1v) is 10.0. The highest BCUT2D eigenvalue weighted by molar-refractivity contribution is 6.35. The largest absolute Gasteiger partial charge is 0.366 e. The van der Waals surface area contributed by atoms with Crippen LogP contribution in [0.15, 0.2) is 30.0 Å². The molecule has 0 saturated carbocycles. The summed E-state index contributed by atoms with van der Waals surface area (Å²) >= 11 is 0. The van der Waals surface area contributed by atoms with Gasteiger partial charge >= 0.3 is 0 Å². The Morgan fingerprint density at radius 1 is 1.07 bits per heavy atom. The molecule has 0 aliphatic carbocycles. The molecule has 1 aromatic carbocycles. The standard InChI is InChI=1S/C22H31N3O2/c1-5-6-13-25-21(26)19(17-9-7-16(2)8-10-17)20(22(25)27)24(4)18-11-14-23(3)15-12-18/h7-10,18H,5-6,11-15H2,1-4H3. The molecule has 0 spiro atoms. The van der Waals surface area contributed by atoms with Gasteiger partial charge in [0.2, 0.25) is 0 Å². The summed E-state index contributed by atoms with van der Waals surface area (Å²) in [5, 5.41) is 0. The number of hydrogen-bond acceptors (Lipinski definition) is 4. The summed E-state index contributed by atoms with van der Waals surface area (Å²) in [5.74, 6) is -0.280. The van der Waals surface area contributed by atoms with Crippen molar-refractivity contribution < 1.29 is 9.59 Å². The van der Waals surface area contributed by atoms with E-state index < -0.39 is 0 Å². The van der Waals surface area contributed by atoms with Crippen molar-refractivity contribution in [3.05, 3.63) is 41.1 Å². The molecule has 2 aliphatic rings. The number of imide groups is 1. The molecule has 0 unspecified atom stereocenters. The van der Waals surface area contributed by atoms with Gasteiger partial charge in [-0.3, -0.25) is 14.5 Å². The third kappa shape index (κ3) is 3.93. The first-order valence-electron chi connectivity index (χ1n) is 10.0. The van der Waals surface area contributed by atoms with Crippen molar-refractivity contribution >= 4 is 17.4 Å². The Kier molecular flexibility index (Phi) is 6.00. The molecule has 1 fully saturated rings. The number of likely N-dealkylation sites (N-methyl/N-ethyl adjacent to an activating group) is 1. The number of piperidine rings is 1. The van der Waals surface area contributed by atoms with Crippen molar-refractivity contribution in [1.29, 1.82) is 0 Å². The summed E-state index contributed by atoms with van der Waals surface area (Å²) in [6.07, 6.45) is 3.81. The van der Waals surface area contributed by atoms with Gasteiger partial charge in [-0.25, -0.2) is 0 Å². The van der Waals surface area contributed by atoms with E-state index in [1.807, 2.05) is 38.2 Å². The quantitative estimate of drug-likeness (QED) is 0.723. The fourth-order valence-electron chi connectivity index (χ4n) is 3.96. The third-order valence-electron chi connectivity index (χ3n) is 5.81. The molecule has 2 aliphatic heterocycles. The Labute approximate surface area is 162 Å². The minimum absolute atomic E-state index is 0.134. The number of rotatable bonds is 6. The van der Waals surface area contributed by atoms with E-state index in [2.05, 4.69) is 23.8 Å². The van der Waals surface area contributed by atoms with Gasteiger partial charge in [-0.1, -0.05) is 43.2 Å². The SMILES string of the molecule is CCCCN1C(=O)C(c2ccc(C)cc2)=C(N(C)C2CCN(C)CC2)C1=O. The second-order valence-corrected chi connectivity index (χ2v) is 7.85. The monoisotopic (exact) mass is 369 g/mol. The highest BCUT2D eigenvalue weighted by Crippen LogP contribution is 2.33. The van der Waals surface area contributed by atoms with Gasteiger partial charge in [-0.05, 0) is 51.9 Å². The van der Waals surface area contributed by atoms with Gasteiger partial charge in [0, 0.05) is 19.6 Å². The molecule has 146 valence electrons. The van der Waals surface area contributed by atoms with Crippen molar-refractivity contribution in [2.24, 2.45) is 0 Å². The number of benzene rings is 1. The lowest BCUT2D eigenvalue weighted by Crippen LogP contribution is -2.43. The minimum Gasteiger partial charge on any atom is -0.366 e. The van der Waals surface area contributed by atoms with Crippen molar-refractivity contribution in [3.8, 4) is 0 Å². The summed E-state index contributed by atoms with van der Waals surface area (Å²) < 4.78 is 0. The van der Waals surface area contributed by atoms with Crippen molar-refractivity contribution in [2.45, 2.75) is 45.6 Å². The van der Waals surface area contributed by atoms with E-state index in [-0.39, 0.29) is 11.8 Å². The average Bonchev–Trinajstić information content (AvgIpc) is 2.91. The lowest BCUT2D eigenvalue weighted by molar-refractivity contribution is -0.137. The van der Waals surface area contributed by atoms with Gasteiger partial charge in [0.25, 0.3) is 11.8 Å². The summed E-state index contributed by atoms with van der Waals surface area (Å²) in [4.78, 5) is 32.2. The number of nitrogens with zero attached hydrogens (tertiary/aromatic N) is 3. The molecule has 5 nitrogen and oxygen atoms in total. The second kappa shape index (κ2) is 8.26. The van der Waals surface area contributed by atoms with E-state index in [9.17, 15) is 9.59 Å². The molecule has 27 heavy (non-hydrogen) atoms. The highest BCUT2D eigenvalue weighted by atomic mass is 16.2. The second-order valence-electron chi connectivity index (χ2n) is 7.85. The maximum Gasteiger partial charge on any atom is 0.277 e. The summed E-state index contributed by atoms with van der Waals surface area (Å²) in [6.45, 7) is 6.63. The van der Waals surface area contributed by atoms with Gasteiger partial charge in [0.15, 0.2) is 0 Å². The zero-order valence-corrected chi connectivity index (χ0v) is 17.0. The Hall–Kier alpha value is -2.14. The zero-order valence-electron chi connectivity index (χ0n) is 17.0. The van der Waals surface area contributed by atoms with E-state index in [1.54, 1.807) is 0 Å². The number of hydrogen-bond donors (Lipinski definition) is 0. The molecule has 0 N–H and O–H groups in total. The van der Waals surface area contributed by atoms with Crippen molar-refractivity contribution in [1.82, 2.24) is 14.7 Å². The van der Waals surface area contributed by atoms with Crippen LogP contribution in [0.3, 0.4) is 0 Å². The van der Waals surface area contributed by atoms with E-state index in [0.717, 1.165) is 49.9 Å². The smallest absolute Gasteiger partial charge is 0.277 e. The topological polar surface area (TPSA) is 43.9 Å². The lowest BCUT2D eigenvalue weighted by Gasteiger charge is -2.36. The van der Waals surface area contributed by atoms with Gasteiger partial charge in [-0.15, -0.1) is 0 Å². The first-order chi connectivity index (χ1) is 12.9. The fraction of sp³-hybridized carbons (Fsp3) is 0.545. The van der Waals surface area contributed by atoms with Crippen LogP contribution in [0.1, 0.15) is 43.7 Å². The Balaban J connectivity index is 1.98. The molecular weight excluding hydrogens is 338 g/mol. The normalized spacial score (nSPS) is 19.3. The van der Waals surface area contributed by atoms with Gasteiger partial charge < -0.3 is 9.80 Å². The van der Waals surface area contributed by atoms with Crippen LogP contribution in [0.25, 0.3) is 5.57 Å². The molecule has 5 heteroatoms. The molecule has 2 heterocycles. The van der Waals surface area contributed by atoms with Crippen molar-refractivity contribution in [3.63, 3.8) is 0 Å². The van der Waals surface area contributed by atoms with Crippen LogP contribution in [0.5, 0.6) is 0 Å². The maximum absolute atomic E-state index is 13.2. The summed E-state index contributed by atoms with van der Waals surface area (Å²) in [7, 11) is 4.11. The molecule has 1 aromatic rings. The predicted molar refractivity (Wildman–Crippen MR) is 108 cm³/mol. The average molecular weight is 370 g/mol. The molecule has 0 aromatic heterocycles. The molecule has 0 radical (unpaired) electrons. The lowest BCUT2D eigenvalue weighted by atomic mass is 9.99. The highest BCUT2D eigenvalue weighted by Gasteiger charge is 2.41. The van der Waals surface area contributed by atoms with Gasteiger partial charge in [0.05, 0.1) is 5.57 Å². The van der Waals surface area contributed by atoms with E-state index >= 15 is 0 Å². The van der Waals surface area contributed by atoms with Crippen LogP contribution in [0.2, 0.25) is 0 Å². The van der Waals surface area contributed by atoms with Crippen LogP contribution in [-0.4, -0.2) is 66.3 Å². The Bertz CT molecular complexity index is 730. The predicted octanol–water partition coefficient (Wildman–Crippen LogP) is 2.90. The fourth-order valence-corrected chi connectivity index (χ4v) is 3.96. The minimum atomic E-state index is -0.146. The molecule has 2 amide bonds. The van der Waals surface area contributed by atoms with E-state index in [1.165, 1.54) is 4.90 Å². The summed E-state index contributed by atoms with van der Waals surface area (Å²) in [5.41, 5.74) is 3.13. The number of carbonyl (C=O) groups excluding carboxylic acids is 2. The maximum atomic E-state index is 13.2. The number of likely N-dealkylation sites (tertiary alicyclic amines) is 1. The zero-order chi connectivity index (χ0) is 19.6. The Morgan fingerprint density at radius 2 is 1.70 bits per heavy atom. The number of carbonyl (C=O) groups is 2. The number of unbranched alkanes of at least 4 members (excludes halogenated alkanes) is 1. The molecule has 1 saturated heterocycles. The number of amides is 2. The van der Waals surface area contributed by atoms with Crippen LogP contribution in [0, 0.1) is 6.92 Å². The van der Waals surface area contributed by atoms with Crippen LogP contribution < -0.4 is 0 Å². The van der Waals surface area contributed by atoms with E-state index in [4.69, 9.17) is 0 Å². The number of aryl methyl sites for hydroxylation is 1. The first kappa shape index (κ1) is 19.6. The van der Waals surface area contributed by atoms with E-state index in [0.29, 0.717) is 23.9 Å². The molecule has 3 rings (SSSR count). The van der Waals surface area contributed by atoms with Gasteiger partial charge in [0.1, 0.15) is 5.70 Å². The van der Waals surface area contributed by atoms with Crippen LogP contribution in [0.4, 0.5) is 0 Å². The summed E-state index contributed by atoms with van der Waals surface area (Å²) in [6, 6.07) is 8.22. The van der Waals surface area contributed by atoms with Crippen LogP contribution >= 0.6 is 0 Å². The third-order valence-corrected chi connectivity index (χ3v) is 5.81. The molecule has 0 atom stereocenters.